The molecule has 0 saturated heterocycles. The number of fused-ring (bicyclic) bond motifs is 1. The molecule has 2 aromatic heterocycles. The van der Waals surface area contributed by atoms with Crippen molar-refractivity contribution < 1.29 is 13.2 Å². The minimum atomic E-state index is -3.10. The van der Waals surface area contributed by atoms with Crippen LogP contribution in [0.2, 0.25) is 0 Å². The molecule has 0 saturated carbocycles. The first-order valence-corrected chi connectivity index (χ1v) is 9.66. The number of nitrogens with zero attached hydrogens (tertiary/aromatic N) is 3. The van der Waals surface area contributed by atoms with Crippen molar-refractivity contribution in [1.29, 1.82) is 0 Å². The van der Waals surface area contributed by atoms with E-state index in [2.05, 4.69) is 15.4 Å². The molecule has 7 nitrogen and oxygen atoms in total. The van der Waals surface area contributed by atoms with Crippen molar-refractivity contribution >= 4 is 32.5 Å². The summed E-state index contributed by atoms with van der Waals surface area (Å²) in [4.78, 5) is 16.7. The standard InChI is InChI=1S/C17H18N4O3S/c1-11-15-8-14(9-18-16(15)21(2)20-11)19-17(22)13-6-4-12(5-7-13)10-25(3,23)24/h4-9H,10H2,1-3H3,(H,19,22). The second kappa shape index (κ2) is 6.29. The van der Waals surface area contributed by atoms with Gasteiger partial charge in [0.25, 0.3) is 5.91 Å². The number of carbonyl (C=O) groups is 1. The molecule has 0 atom stereocenters. The summed E-state index contributed by atoms with van der Waals surface area (Å²) in [5.74, 6) is -0.330. The van der Waals surface area contributed by atoms with Gasteiger partial charge in [0.15, 0.2) is 15.5 Å². The van der Waals surface area contributed by atoms with Crippen LogP contribution in [0.5, 0.6) is 0 Å². The third-order valence-corrected chi connectivity index (χ3v) is 4.62. The SMILES string of the molecule is Cc1nn(C)c2ncc(NC(=O)c3ccc(CS(C)(=O)=O)cc3)cc12. The van der Waals surface area contributed by atoms with Gasteiger partial charge in [-0.25, -0.2) is 13.4 Å². The van der Waals surface area contributed by atoms with Crippen LogP contribution in [0.25, 0.3) is 11.0 Å². The Morgan fingerprint density at radius 3 is 2.56 bits per heavy atom. The number of hydrogen-bond acceptors (Lipinski definition) is 5. The zero-order valence-electron chi connectivity index (χ0n) is 14.1. The van der Waals surface area contributed by atoms with Crippen molar-refractivity contribution in [2.24, 2.45) is 7.05 Å². The maximum atomic E-state index is 12.4. The summed E-state index contributed by atoms with van der Waals surface area (Å²) in [5.41, 5.74) is 3.26. The molecule has 0 aliphatic heterocycles. The van der Waals surface area contributed by atoms with Gasteiger partial charge in [0, 0.05) is 24.3 Å². The molecule has 2 heterocycles. The summed E-state index contributed by atoms with van der Waals surface area (Å²) < 4.78 is 24.3. The molecule has 0 fully saturated rings. The molecule has 1 amide bonds. The highest BCUT2D eigenvalue weighted by Crippen LogP contribution is 2.20. The molecule has 8 heteroatoms. The van der Waals surface area contributed by atoms with E-state index in [1.807, 2.05) is 20.0 Å². The second-order valence-electron chi connectivity index (χ2n) is 6.03. The minimum absolute atomic E-state index is 0.0459. The molecule has 130 valence electrons. The Balaban J connectivity index is 1.79. The summed E-state index contributed by atoms with van der Waals surface area (Å²) in [6.45, 7) is 1.89. The van der Waals surface area contributed by atoms with Gasteiger partial charge in [-0.2, -0.15) is 5.10 Å². The van der Waals surface area contributed by atoms with Crippen LogP contribution in [-0.4, -0.2) is 35.3 Å². The van der Waals surface area contributed by atoms with Crippen LogP contribution in [-0.2, 0) is 22.6 Å². The highest BCUT2D eigenvalue weighted by atomic mass is 32.2. The first kappa shape index (κ1) is 17.1. The third kappa shape index (κ3) is 3.85. The van der Waals surface area contributed by atoms with Crippen molar-refractivity contribution in [1.82, 2.24) is 14.8 Å². The van der Waals surface area contributed by atoms with E-state index in [1.54, 1.807) is 35.1 Å². The molecule has 0 radical (unpaired) electrons. The number of pyridine rings is 1. The molecule has 0 bridgehead atoms. The summed E-state index contributed by atoms with van der Waals surface area (Å²) in [6, 6.07) is 8.33. The number of hydrogen-bond donors (Lipinski definition) is 1. The molecule has 1 N–H and O–H groups in total. The van der Waals surface area contributed by atoms with E-state index >= 15 is 0 Å². The average molecular weight is 358 g/mol. The quantitative estimate of drug-likeness (QED) is 0.770. The van der Waals surface area contributed by atoms with Crippen LogP contribution in [0.1, 0.15) is 21.6 Å². The molecule has 0 aliphatic rings. The Morgan fingerprint density at radius 2 is 1.92 bits per heavy atom. The monoisotopic (exact) mass is 358 g/mol. The fourth-order valence-corrected chi connectivity index (χ4v) is 3.43. The van der Waals surface area contributed by atoms with Gasteiger partial charge in [-0.3, -0.25) is 9.48 Å². The zero-order valence-corrected chi connectivity index (χ0v) is 15.0. The zero-order chi connectivity index (χ0) is 18.2. The van der Waals surface area contributed by atoms with E-state index < -0.39 is 9.84 Å². The van der Waals surface area contributed by atoms with Gasteiger partial charge >= 0.3 is 0 Å². The summed E-state index contributed by atoms with van der Waals surface area (Å²) in [7, 11) is -1.28. The lowest BCUT2D eigenvalue weighted by Gasteiger charge is -2.06. The normalized spacial score (nSPS) is 11.6. The van der Waals surface area contributed by atoms with Crippen LogP contribution in [0.15, 0.2) is 36.5 Å². The highest BCUT2D eigenvalue weighted by Gasteiger charge is 2.11. The van der Waals surface area contributed by atoms with Gasteiger partial charge in [-0.05, 0) is 30.7 Å². The van der Waals surface area contributed by atoms with Gasteiger partial charge in [0.05, 0.1) is 23.3 Å². The lowest BCUT2D eigenvalue weighted by Crippen LogP contribution is -2.12. The maximum Gasteiger partial charge on any atom is 0.255 e. The molecular formula is C17H18N4O3S. The fourth-order valence-electron chi connectivity index (χ4n) is 2.63. The van der Waals surface area contributed by atoms with Crippen molar-refractivity contribution in [3.8, 4) is 0 Å². The van der Waals surface area contributed by atoms with Gasteiger partial charge in [-0.1, -0.05) is 12.1 Å². The fraction of sp³-hybridized carbons (Fsp3) is 0.235. The second-order valence-corrected chi connectivity index (χ2v) is 8.17. The van der Waals surface area contributed by atoms with E-state index in [1.165, 1.54) is 6.26 Å². The maximum absolute atomic E-state index is 12.4. The van der Waals surface area contributed by atoms with E-state index in [4.69, 9.17) is 0 Å². The van der Waals surface area contributed by atoms with Crippen molar-refractivity contribution in [2.45, 2.75) is 12.7 Å². The molecule has 0 spiro atoms. The number of carbonyl (C=O) groups excluding carboxylic acids is 1. The van der Waals surface area contributed by atoms with Gasteiger partial charge in [0.1, 0.15) is 0 Å². The smallest absolute Gasteiger partial charge is 0.255 e. The molecule has 3 aromatic rings. The van der Waals surface area contributed by atoms with Crippen molar-refractivity contribution in [3.63, 3.8) is 0 Å². The summed E-state index contributed by atoms with van der Waals surface area (Å²) >= 11 is 0. The van der Waals surface area contributed by atoms with Crippen molar-refractivity contribution in [3.05, 3.63) is 53.3 Å². The first-order chi connectivity index (χ1) is 11.7. The van der Waals surface area contributed by atoms with E-state index in [0.717, 1.165) is 16.7 Å². The number of aryl methyl sites for hydroxylation is 2. The van der Waals surface area contributed by atoms with Crippen LogP contribution in [0.3, 0.4) is 0 Å². The van der Waals surface area contributed by atoms with Gasteiger partial charge in [0.2, 0.25) is 0 Å². The minimum Gasteiger partial charge on any atom is -0.321 e. The Bertz CT molecular complexity index is 1050. The van der Waals surface area contributed by atoms with Gasteiger partial charge < -0.3 is 5.32 Å². The first-order valence-electron chi connectivity index (χ1n) is 7.60. The summed E-state index contributed by atoms with van der Waals surface area (Å²) in [6.07, 6.45) is 2.76. The third-order valence-electron chi connectivity index (χ3n) is 3.77. The number of sulfone groups is 1. The van der Waals surface area contributed by atoms with Crippen LogP contribution < -0.4 is 5.32 Å². The lowest BCUT2D eigenvalue weighted by molar-refractivity contribution is 0.102. The van der Waals surface area contributed by atoms with Crippen molar-refractivity contribution in [2.75, 3.05) is 11.6 Å². The largest absolute Gasteiger partial charge is 0.321 e. The molecule has 1 aromatic carbocycles. The van der Waals surface area contributed by atoms with Crippen LogP contribution >= 0.6 is 0 Å². The summed E-state index contributed by atoms with van der Waals surface area (Å²) in [5, 5.41) is 7.98. The number of anilines is 1. The Hall–Kier alpha value is -2.74. The van der Waals surface area contributed by atoms with Crippen LogP contribution in [0, 0.1) is 6.92 Å². The number of nitrogens with one attached hydrogen (secondary N) is 1. The number of rotatable bonds is 4. The van der Waals surface area contributed by atoms with Crippen LogP contribution in [0.4, 0.5) is 5.69 Å². The predicted molar refractivity (Wildman–Crippen MR) is 96.2 cm³/mol. The Kier molecular flexibility index (Phi) is 4.30. The highest BCUT2D eigenvalue weighted by molar-refractivity contribution is 7.89. The topological polar surface area (TPSA) is 93.9 Å². The number of benzene rings is 1. The number of aromatic nitrogens is 3. The molecule has 3 rings (SSSR count). The molecule has 0 aliphatic carbocycles. The molecule has 0 unspecified atom stereocenters. The molecular weight excluding hydrogens is 340 g/mol. The lowest BCUT2D eigenvalue weighted by atomic mass is 10.1. The average Bonchev–Trinajstić information content (AvgIpc) is 2.81. The predicted octanol–water partition coefficient (Wildman–Crippen LogP) is 2.07. The van der Waals surface area contributed by atoms with E-state index in [-0.39, 0.29) is 11.7 Å². The van der Waals surface area contributed by atoms with E-state index in [0.29, 0.717) is 16.8 Å². The molecule has 25 heavy (non-hydrogen) atoms. The van der Waals surface area contributed by atoms with Gasteiger partial charge in [-0.15, -0.1) is 0 Å². The Labute approximate surface area is 145 Å². The Morgan fingerprint density at radius 1 is 1.24 bits per heavy atom. The van der Waals surface area contributed by atoms with E-state index in [9.17, 15) is 13.2 Å². The number of amides is 1.